The molecular weight excluding hydrogens is 262 g/mol. The van der Waals surface area contributed by atoms with Gasteiger partial charge in [-0.3, -0.25) is 4.98 Å². The fraction of sp³-hybridized carbons (Fsp3) is 0.250. The topological polar surface area (TPSA) is 59.1 Å². The number of alkyl halides is 2. The van der Waals surface area contributed by atoms with Gasteiger partial charge in [0.15, 0.2) is 0 Å². The maximum Gasteiger partial charge on any atom is 0.289 e. The number of nitrogens with zero attached hydrogens (tertiary/aromatic N) is 1. The molecule has 0 aliphatic heterocycles. The Morgan fingerprint density at radius 1 is 1.28 bits per heavy atom. The summed E-state index contributed by atoms with van der Waals surface area (Å²) in [5.41, 5.74) is 6.40. The summed E-state index contributed by atoms with van der Waals surface area (Å²) in [4.78, 5) is 4.07. The number of aromatic nitrogens is 1. The van der Waals surface area contributed by atoms with E-state index < -0.39 is 18.6 Å². The normalized spacial score (nSPS) is 13.1. The lowest BCUT2D eigenvalue weighted by Crippen LogP contribution is -2.36. The van der Waals surface area contributed by atoms with E-state index in [1.165, 1.54) is 12.3 Å². The molecule has 0 fully saturated rings. The molecule has 2 aromatic rings. The highest BCUT2D eigenvalue weighted by molar-refractivity contribution is 5.85. The highest BCUT2D eigenvalue weighted by atomic mass is 35.5. The third-order valence-corrected chi connectivity index (χ3v) is 2.68. The van der Waals surface area contributed by atoms with Crippen molar-refractivity contribution < 1.29 is 13.9 Å². The summed E-state index contributed by atoms with van der Waals surface area (Å²) in [5, 5.41) is 9.23. The number of para-hydroxylation sites is 1. The maximum atomic E-state index is 13.4. The average Bonchev–Trinajstić information content (AvgIpc) is 2.37. The van der Waals surface area contributed by atoms with Crippen molar-refractivity contribution in [1.29, 1.82) is 0 Å². The smallest absolute Gasteiger partial charge is 0.289 e. The number of rotatable bonds is 3. The van der Waals surface area contributed by atoms with Crippen molar-refractivity contribution in [3.05, 3.63) is 42.1 Å². The Bertz CT molecular complexity index is 531. The molecule has 0 amide bonds. The summed E-state index contributed by atoms with van der Waals surface area (Å²) in [5.74, 6) is -3.34. The molecule has 0 unspecified atom stereocenters. The van der Waals surface area contributed by atoms with Crippen molar-refractivity contribution in [2.75, 3.05) is 6.61 Å². The maximum absolute atomic E-state index is 13.4. The van der Waals surface area contributed by atoms with E-state index in [-0.39, 0.29) is 18.0 Å². The fourth-order valence-electron chi connectivity index (χ4n) is 1.72. The fourth-order valence-corrected chi connectivity index (χ4v) is 1.72. The first kappa shape index (κ1) is 14.8. The summed E-state index contributed by atoms with van der Waals surface area (Å²) < 4.78 is 26.7. The second-order valence-electron chi connectivity index (χ2n) is 3.81. The van der Waals surface area contributed by atoms with E-state index in [2.05, 4.69) is 4.98 Å². The summed E-state index contributed by atoms with van der Waals surface area (Å²) in [6.45, 7) is -1.27. The van der Waals surface area contributed by atoms with Crippen LogP contribution in [0.1, 0.15) is 11.6 Å². The summed E-state index contributed by atoms with van der Waals surface area (Å²) >= 11 is 0. The minimum atomic E-state index is -3.34. The second kappa shape index (κ2) is 5.56. The van der Waals surface area contributed by atoms with Gasteiger partial charge in [0.1, 0.15) is 6.61 Å². The molecule has 18 heavy (non-hydrogen) atoms. The summed E-state index contributed by atoms with van der Waals surface area (Å²) in [7, 11) is 0. The van der Waals surface area contributed by atoms with Gasteiger partial charge in [-0.25, -0.2) is 8.78 Å². The van der Waals surface area contributed by atoms with Gasteiger partial charge in [-0.2, -0.15) is 0 Å². The van der Waals surface area contributed by atoms with Crippen LogP contribution in [0, 0.1) is 0 Å². The number of hydrogen-bond acceptors (Lipinski definition) is 3. The highest BCUT2D eigenvalue weighted by Crippen LogP contribution is 2.32. The zero-order valence-corrected chi connectivity index (χ0v) is 10.2. The summed E-state index contributed by atoms with van der Waals surface area (Å²) in [6, 6.07) is 6.83. The van der Waals surface area contributed by atoms with E-state index in [0.717, 1.165) is 0 Å². The van der Waals surface area contributed by atoms with Crippen LogP contribution in [0.25, 0.3) is 10.9 Å². The van der Waals surface area contributed by atoms with Crippen LogP contribution in [0.4, 0.5) is 8.78 Å². The lowest BCUT2D eigenvalue weighted by molar-refractivity contribution is -0.0708. The predicted octanol–water partition coefficient (Wildman–Crippen LogP) is 2.28. The van der Waals surface area contributed by atoms with E-state index in [9.17, 15) is 8.78 Å². The zero-order chi connectivity index (χ0) is 12.5. The van der Waals surface area contributed by atoms with E-state index in [1.54, 1.807) is 24.3 Å². The molecule has 0 spiro atoms. The molecule has 0 bridgehead atoms. The Balaban J connectivity index is 0.00000162. The quantitative estimate of drug-likeness (QED) is 0.903. The Labute approximate surface area is 109 Å². The first-order chi connectivity index (χ1) is 8.06. The monoisotopic (exact) mass is 274 g/mol. The number of fused-ring (bicyclic) bond motifs is 1. The minimum Gasteiger partial charge on any atom is -0.390 e. The van der Waals surface area contributed by atoms with Crippen molar-refractivity contribution in [3.63, 3.8) is 0 Å². The van der Waals surface area contributed by atoms with Crippen molar-refractivity contribution in [1.82, 2.24) is 4.98 Å². The van der Waals surface area contributed by atoms with Crippen LogP contribution in [0.3, 0.4) is 0 Å². The van der Waals surface area contributed by atoms with Crippen LogP contribution in [0.5, 0.6) is 0 Å². The Kier molecular flexibility index (Phi) is 4.56. The van der Waals surface area contributed by atoms with Crippen molar-refractivity contribution in [3.8, 4) is 0 Å². The summed E-state index contributed by atoms with van der Waals surface area (Å²) in [6.07, 6.45) is 1.44. The van der Waals surface area contributed by atoms with Crippen LogP contribution in [-0.4, -0.2) is 22.6 Å². The molecule has 98 valence electrons. The number of halogens is 3. The molecular formula is C12H13ClF2N2O. The Morgan fingerprint density at radius 3 is 2.61 bits per heavy atom. The van der Waals surface area contributed by atoms with Crippen LogP contribution in [-0.2, 0) is 0 Å². The SMILES string of the molecule is Cl.N[C@H](c1ccnc2ccccc12)C(F)(F)CO. The van der Waals surface area contributed by atoms with Gasteiger partial charge in [0, 0.05) is 11.6 Å². The van der Waals surface area contributed by atoms with Crippen LogP contribution in [0.2, 0.25) is 0 Å². The molecule has 0 aliphatic rings. The van der Waals surface area contributed by atoms with Gasteiger partial charge in [0.2, 0.25) is 0 Å². The van der Waals surface area contributed by atoms with Gasteiger partial charge in [0.05, 0.1) is 11.6 Å². The first-order valence-electron chi connectivity index (χ1n) is 5.14. The standard InChI is InChI=1S/C12H12F2N2O.ClH/c13-12(14,7-17)11(15)9-5-6-16-10-4-2-1-3-8(9)10;/h1-6,11,17H,7,15H2;1H/t11-;/m1./s1. The minimum absolute atomic E-state index is 0. The van der Waals surface area contributed by atoms with Gasteiger partial charge in [-0.15, -0.1) is 12.4 Å². The molecule has 0 saturated heterocycles. The molecule has 1 aromatic carbocycles. The lowest BCUT2D eigenvalue weighted by Gasteiger charge is -2.22. The molecule has 6 heteroatoms. The highest BCUT2D eigenvalue weighted by Gasteiger charge is 2.38. The molecule has 0 radical (unpaired) electrons. The number of aliphatic hydroxyl groups excluding tert-OH is 1. The van der Waals surface area contributed by atoms with Crippen LogP contribution >= 0.6 is 12.4 Å². The number of nitrogens with two attached hydrogens (primary N) is 1. The van der Waals surface area contributed by atoms with Gasteiger partial charge < -0.3 is 10.8 Å². The van der Waals surface area contributed by atoms with Crippen molar-refractivity contribution in [2.45, 2.75) is 12.0 Å². The van der Waals surface area contributed by atoms with Crippen molar-refractivity contribution >= 4 is 23.3 Å². The number of pyridine rings is 1. The Hall–Kier alpha value is -1.30. The molecule has 1 atom stereocenters. The first-order valence-corrected chi connectivity index (χ1v) is 5.14. The molecule has 0 aliphatic carbocycles. The van der Waals surface area contributed by atoms with Gasteiger partial charge >= 0.3 is 0 Å². The predicted molar refractivity (Wildman–Crippen MR) is 68.0 cm³/mol. The van der Waals surface area contributed by atoms with E-state index in [0.29, 0.717) is 10.9 Å². The molecule has 3 N–H and O–H groups in total. The number of hydrogen-bond donors (Lipinski definition) is 2. The molecule has 1 heterocycles. The average molecular weight is 275 g/mol. The number of benzene rings is 1. The molecule has 2 rings (SSSR count). The van der Waals surface area contributed by atoms with Crippen LogP contribution in [0.15, 0.2) is 36.5 Å². The van der Waals surface area contributed by atoms with Gasteiger partial charge in [-0.1, -0.05) is 18.2 Å². The van der Waals surface area contributed by atoms with E-state index in [1.807, 2.05) is 0 Å². The second-order valence-corrected chi connectivity index (χ2v) is 3.81. The molecule has 1 aromatic heterocycles. The van der Waals surface area contributed by atoms with Crippen molar-refractivity contribution in [2.24, 2.45) is 5.73 Å². The van der Waals surface area contributed by atoms with Gasteiger partial charge in [-0.05, 0) is 17.7 Å². The lowest BCUT2D eigenvalue weighted by atomic mass is 9.98. The number of aliphatic hydroxyl groups is 1. The van der Waals surface area contributed by atoms with E-state index in [4.69, 9.17) is 10.8 Å². The molecule has 0 saturated carbocycles. The van der Waals surface area contributed by atoms with Gasteiger partial charge in [0.25, 0.3) is 5.92 Å². The third-order valence-electron chi connectivity index (χ3n) is 2.68. The zero-order valence-electron chi connectivity index (χ0n) is 9.38. The largest absolute Gasteiger partial charge is 0.390 e. The Morgan fingerprint density at radius 2 is 1.94 bits per heavy atom. The third kappa shape index (κ3) is 2.58. The van der Waals surface area contributed by atoms with Crippen LogP contribution < -0.4 is 5.73 Å². The van der Waals surface area contributed by atoms with E-state index >= 15 is 0 Å². The molecule has 3 nitrogen and oxygen atoms in total.